The van der Waals surface area contributed by atoms with Gasteiger partial charge in [0.15, 0.2) is 17.5 Å². The monoisotopic (exact) mass is 791 g/mol. The van der Waals surface area contributed by atoms with Gasteiger partial charge in [-0.2, -0.15) is 0 Å². The molecule has 0 bridgehead atoms. The maximum Gasteiger partial charge on any atom is 0.164 e. The molecule has 0 aliphatic carbocycles. The number of fused-ring (bicyclic) bond motifs is 10. The third-order valence-corrected chi connectivity index (χ3v) is 12.3. The molecule has 0 saturated heterocycles. The molecule has 0 atom stereocenters. The van der Waals surface area contributed by atoms with Crippen LogP contribution in [-0.2, 0) is 0 Å². The molecule has 0 spiro atoms. The number of furan rings is 2. The molecule has 3 aromatic heterocycles. The van der Waals surface area contributed by atoms with Crippen molar-refractivity contribution in [2.24, 2.45) is 0 Å². The van der Waals surface area contributed by atoms with Crippen LogP contribution in [-0.4, -0.2) is 15.0 Å². The molecule has 0 N–H and O–H groups in total. The van der Waals surface area contributed by atoms with Crippen LogP contribution in [0.4, 0.5) is 0 Å². The van der Waals surface area contributed by atoms with Crippen molar-refractivity contribution in [3.05, 3.63) is 200 Å². The molecule has 5 heteroatoms. The maximum atomic E-state index is 6.53. The average Bonchev–Trinajstić information content (AvgIpc) is 3.92. The van der Waals surface area contributed by atoms with Gasteiger partial charge in [0.2, 0.25) is 0 Å². The van der Waals surface area contributed by atoms with Gasteiger partial charge in [0.1, 0.15) is 22.3 Å². The Balaban J connectivity index is 1.04. The SMILES string of the molecule is c1ccc(-c2ccc3cc(-c4nc(-c5cccc6c(-c7cccc8oc9ccccc9c78)cccc56)nc(-c5cc6oc7ccccc7c6c6ccccc56)n4)ccc3c2)cc1. The van der Waals surface area contributed by atoms with Crippen molar-refractivity contribution >= 4 is 76.2 Å². The highest BCUT2D eigenvalue weighted by molar-refractivity contribution is 6.22. The lowest BCUT2D eigenvalue weighted by Gasteiger charge is -2.14. The molecule has 0 amide bonds. The molecule has 0 aliphatic rings. The molecular formula is C57H33N3O2. The molecule has 10 aromatic carbocycles. The van der Waals surface area contributed by atoms with E-state index in [-0.39, 0.29) is 0 Å². The van der Waals surface area contributed by atoms with Gasteiger partial charge in [-0.15, -0.1) is 0 Å². The lowest BCUT2D eigenvalue weighted by Crippen LogP contribution is -2.01. The smallest absolute Gasteiger partial charge is 0.164 e. The zero-order chi connectivity index (χ0) is 40.7. The fraction of sp³-hybridized carbons (Fsp3) is 0. The Kier molecular flexibility index (Phi) is 7.54. The number of benzene rings is 10. The molecule has 0 aliphatic heterocycles. The van der Waals surface area contributed by atoms with E-state index < -0.39 is 0 Å². The topological polar surface area (TPSA) is 65.0 Å². The summed E-state index contributed by atoms with van der Waals surface area (Å²) in [7, 11) is 0. The highest BCUT2D eigenvalue weighted by Gasteiger charge is 2.21. The van der Waals surface area contributed by atoms with Crippen LogP contribution in [0, 0.1) is 0 Å². The predicted molar refractivity (Wildman–Crippen MR) is 254 cm³/mol. The van der Waals surface area contributed by atoms with Gasteiger partial charge in [0.05, 0.1) is 0 Å². The molecule has 13 rings (SSSR count). The van der Waals surface area contributed by atoms with Crippen LogP contribution < -0.4 is 0 Å². The second-order valence-corrected chi connectivity index (χ2v) is 15.9. The van der Waals surface area contributed by atoms with Crippen molar-refractivity contribution in [2.45, 2.75) is 0 Å². The third kappa shape index (κ3) is 5.38. The number of para-hydroxylation sites is 2. The largest absolute Gasteiger partial charge is 0.456 e. The van der Waals surface area contributed by atoms with Crippen molar-refractivity contribution in [3.63, 3.8) is 0 Å². The summed E-state index contributed by atoms with van der Waals surface area (Å²) in [6, 6.07) is 69.8. The Morgan fingerprint density at radius 1 is 0.258 bits per heavy atom. The Morgan fingerprint density at radius 2 is 0.758 bits per heavy atom. The first kappa shape index (κ1) is 34.5. The van der Waals surface area contributed by atoms with E-state index in [1.54, 1.807) is 0 Å². The molecule has 0 fully saturated rings. The summed E-state index contributed by atoms with van der Waals surface area (Å²) in [5, 5.41) is 10.9. The summed E-state index contributed by atoms with van der Waals surface area (Å²) in [6.45, 7) is 0. The van der Waals surface area contributed by atoms with Crippen LogP contribution in [0.3, 0.4) is 0 Å². The summed E-state index contributed by atoms with van der Waals surface area (Å²) >= 11 is 0. The summed E-state index contributed by atoms with van der Waals surface area (Å²) in [5.74, 6) is 1.76. The van der Waals surface area contributed by atoms with E-state index in [1.165, 1.54) is 11.1 Å². The van der Waals surface area contributed by atoms with Gasteiger partial charge in [-0.25, -0.2) is 15.0 Å². The minimum absolute atomic E-state index is 0.575. The molecule has 3 heterocycles. The van der Waals surface area contributed by atoms with Gasteiger partial charge < -0.3 is 8.83 Å². The van der Waals surface area contributed by atoms with Crippen LogP contribution in [0.15, 0.2) is 209 Å². The summed E-state index contributed by atoms with van der Waals surface area (Å²) < 4.78 is 12.9. The van der Waals surface area contributed by atoms with Crippen molar-refractivity contribution in [2.75, 3.05) is 0 Å². The van der Waals surface area contributed by atoms with Crippen molar-refractivity contribution < 1.29 is 8.83 Å². The highest BCUT2D eigenvalue weighted by Crippen LogP contribution is 2.43. The molecule has 0 saturated carbocycles. The van der Waals surface area contributed by atoms with Gasteiger partial charge in [0.25, 0.3) is 0 Å². The molecule has 288 valence electrons. The highest BCUT2D eigenvalue weighted by atomic mass is 16.3. The Labute approximate surface area is 355 Å². The number of hydrogen-bond acceptors (Lipinski definition) is 5. The molecule has 62 heavy (non-hydrogen) atoms. The summed E-state index contributed by atoms with van der Waals surface area (Å²) in [5.41, 5.74) is 10.7. The number of rotatable bonds is 5. The first-order valence-electron chi connectivity index (χ1n) is 20.8. The van der Waals surface area contributed by atoms with Crippen LogP contribution >= 0.6 is 0 Å². The molecule has 0 radical (unpaired) electrons. The first-order valence-corrected chi connectivity index (χ1v) is 20.8. The van der Waals surface area contributed by atoms with Crippen LogP contribution in [0.2, 0.25) is 0 Å². The zero-order valence-corrected chi connectivity index (χ0v) is 33.2. The van der Waals surface area contributed by atoms with Gasteiger partial charge in [-0.05, 0) is 91.0 Å². The Hall–Kier alpha value is -8.41. The first-order chi connectivity index (χ1) is 30.7. The van der Waals surface area contributed by atoms with E-state index in [9.17, 15) is 0 Å². The van der Waals surface area contributed by atoms with Crippen molar-refractivity contribution in [3.8, 4) is 56.4 Å². The Morgan fingerprint density at radius 3 is 1.53 bits per heavy atom. The van der Waals surface area contributed by atoms with E-state index in [4.69, 9.17) is 23.8 Å². The average molecular weight is 792 g/mol. The summed E-state index contributed by atoms with van der Waals surface area (Å²) in [6.07, 6.45) is 0. The number of hydrogen-bond donors (Lipinski definition) is 0. The molecule has 13 aromatic rings. The van der Waals surface area contributed by atoms with Crippen LogP contribution in [0.1, 0.15) is 0 Å². The predicted octanol–water partition coefficient (Wildman–Crippen LogP) is 15.5. The second kappa shape index (κ2) is 13.6. The fourth-order valence-corrected chi connectivity index (χ4v) is 9.45. The standard InChI is InChI=1S/C57H33N3O2/c1-2-13-34(14-3-1)35-27-28-37-32-38(30-29-36(37)31-35)55-58-56(60-57(59-55)48-33-52-54(43-16-5-4-15-42(43)48)47-18-7-9-25-50(47)62-52)45-23-11-19-39-40(20-10-21-41(39)45)44-22-12-26-51-53(44)46-17-6-8-24-49(46)61-51/h1-33H. The van der Waals surface area contributed by atoms with Crippen molar-refractivity contribution in [1.29, 1.82) is 0 Å². The molecular weight excluding hydrogens is 759 g/mol. The second-order valence-electron chi connectivity index (χ2n) is 15.9. The van der Waals surface area contributed by atoms with Gasteiger partial charge in [0, 0.05) is 38.2 Å². The van der Waals surface area contributed by atoms with Gasteiger partial charge >= 0.3 is 0 Å². The quantitative estimate of drug-likeness (QED) is 0.174. The van der Waals surface area contributed by atoms with Gasteiger partial charge in [-0.1, -0.05) is 164 Å². The normalized spacial score (nSPS) is 11.9. The van der Waals surface area contributed by atoms with E-state index in [2.05, 4.69) is 164 Å². The van der Waals surface area contributed by atoms with E-state index in [0.717, 1.165) is 104 Å². The minimum Gasteiger partial charge on any atom is -0.456 e. The maximum absolute atomic E-state index is 6.53. The molecule has 5 nitrogen and oxygen atoms in total. The third-order valence-electron chi connectivity index (χ3n) is 12.3. The lowest BCUT2D eigenvalue weighted by atomic mass is 9.93. The van der Waals surface area contributed by atoms with Crippen LogP contribution in [0.25, 0.3) is 133 Å². The van der Waals surface area contributed by atoms with Crippen LogP contribution in [0.5, 0.6) is 0 Å². The van der Waals surface area contributed by atoms with E-state index in [1.807, 2.05) is 36.4 Å². The van der Waals surface area contributed by atoms with Gasteiger partial charge in [-0.3, -0.25) is 0 Å². The number of aromatic nitrogens is 3. The number of nitrogens with zero attached hydrogens (tertiary/aromatic N) is 3. The van der Waals surface area contributed by atoms with E-state index in [0.29, 0.717) is 17.5 Å². The molecule has 0 unspecified atom stereocenters. The van der Waals surface area contributed by atoms with E-state index >= 15 is 0 Å². The fourth-order valence-electron chi connectivity index (χ4n) is 9.45. The Bertz CT molecular complexity index is 3940. The zero-order valence-electron chi connectivity index (χ0n) is 33.2. The summed E-state index contributed by atoms with van der Waals surface area (Å²) in [4.78, 5) is 16.0. The van der Waals surface area contributed by atoms with Crippen molar-refractivity contribution in [1.82, 2.24) is 15.0 Å². The minimum atomic E-state index is 0.575. The lowest BCUT2D eigenvalue weighted by molar-refractivity contribution is 0.668.